The lowest BCUT2D eigenvalue weighted by Gasteiger charge is -2.62. The van der Waals surface area contributed by atoms with Gasteiger partial charge in [0.25, 0.3) is 0 Å². The van der Waals surface area contributed by atoms with Gasteiger partial charge in [0.1, 0.15) is 5.60 Å². The summed E-state index contributed by atoms with van der Waals surface area (Å²) in [4.78, 5) is 0. The number of hydrogen-bond donors (Lipinski definition) is 4. The normalized spacial score (nSPS) is 47.9. The number of ether oxygens (including phenoxy) is 2. The molecule has 1 heterocycles. The highest BCUT2D eigenvalue weighted by Gasteiger charge is 2.76. The standard InChI is InChI=1S/C31H50O6/c1-19(8-7-14-27(2,3)35)20-9-10-21-22-13-15-31-23(11-12-24(28(31,4)5)36-25(33)18-32)30(22,26(34)37-31)17-16-29(20,21)6/h7,13-15,19-26,32-35H,8-12,16-18H2,1-6H3/b14-7+. The molecule has 5 rings (SSSR count). The van der Waals surface area contributed by atoms with E-state index in [-0.39, 0.29) is 22.9 Å². The summed E-state index contributed by atoms with van der Waals surface area (Å²) in [5, 5.41) is 41.2. The van der Waals surface area contributed by atoms with Crippen LogP contribution < -0.4 is 0 Å². The zero-order chi connectivity index (χ0) is 27.0. The van der Waals surface area contributed by atoms with Crippen LogP contribution in [0, 0.1) is 45.8 Å². The van der Waals surface area contributed by atoms with Gasteiger partial charge in [-0.2, -0.15) is 0 Å². The quantitative estimate of drug-likeness (QED) is 0.291. The van der Waals surface area contributed by atoms with E-state index in [4.69, 9.17) is 9.47 Å². The van der Waals surface area contributed by atoms with Crippen LogP contribution in [0.3, 0.4) is 0 Å². The number of hydrogen-bond acceptors (Lipinski definition) is 6. The Morgan fingerprint density at radius 2 is 1.86 bits per heavy atom. The Bertz CT molecular complexity index is 921. The molecule has 0 radical (unpaired) electrons. The van der Waals surface area contributed by atoms with E-state index in [1.807, 2.05) is 19.9 Å². The van der Waals surface area contributed by atoms with E-state index >= 15 is 0 Å². The lowest BCUT2D eigenvalue weighted by molar-refractivity contribution is -0.247. The van der Waals surface area contributed by atoms with Gasteiger partial charge >= 0.3 is 0 Å². The SMILES string of the molecule is CC(C/C=C/C(C)(C)O)C1CCC2C3C=CC45OC(O)C3(CCC12C)C4CCC(OC(O)CO)C5(C)C. The first kappa shape index (κ1) is 27.8. The highest BCUT2D eigenvalue weighted by Crippen LogP contribution is 2.75. The van der Waals surface area contributed by atoms with Gasteiger partial charge in [-0.1, -0.05) is 52.0 Å². The summed E-state index contributed by atoms with van der Waals surface area (Å²) in [6.07, 6.45) is 13.6. The van der Waals surface area contributed by atoms with E-state index in [1.54, 1.807) is 0 Å². The lowest BCUT2D eigenvalue weighted by atomic mass is 9.42. The topological polar surface area (TPSA) is 99.4 Å². The number of allylic oxidation sites excluding steroid dienone is 2. The van der Waals surface area contributed by atoms with Crippen molar-refractivity contribution in [1.82, 2.24) is 0 Å². The minimum absolute atomic E-state index is 0.210. The molecule has 4 aliphatic carbocycles. The molecule has 1 spiro atoms. The Labute approximate surface area is 223 Å². The molecule has 11 atom stereocenters. The number of fused-ring (bicyclic) bond motifs is 2. The van der Waals surface area contributed by atoms with E-state index in [0.29, 0.717) is 23.7 Å². The van der Waals surface area contributed by atoms with Crippen LogP contribution in [0.2, 0.25) is 0 Å². The van der Waals surface area contributed by atoms with Crippen LogP contribution in [0.5, 0.6) is 0 Å². The van der Waals surface area contributed by atoms with Gasteiger partial charge in [-0.15, -0.1) is 0 Å². The van der Waals surface area contributed by atoms with Crippen molar-refractivity contribution in [2.45, 2.75) is 116 Å². The van der Waals surface area contributed by atoms with Crippen LogP contribution in [-0.4, -0.2) is 56.9 Å². The maximum atomic E-state index is 11.7. The zero-order valence-corrected chi connectivity index (χ0v) is 23.7. The molecule has 37 heavy (non-hydrogen) atoms. The molecular weight excluding hydrogens is 468 g/mol. The highest BCUT2D eigenvalue weighted by atomic mass is 16.6. The van der Waals surface area contributed by atoms with E-state index in [0.717, 1.165) is 32.1 Å². The Balaban J connectivity index is 1.43. The molecule has 2 bridgehead atoms. The Morgan fingerprint density at radius 3 is 2.54 bits per heavy atom. The molecule has 3 saturated carbocycles. The number of aliphatic hydroxyl groups is 4. The fourth-order valence-corrected chi connectivity index (χ4v) is 10.0. The summed E-state index contributed by atoms with van der Waals surface area (Å²) in [5.74, 6) is 2.19. The summed E-state index contributed by atoms with van der Waals surface area (Å²) >= 11 is 0. The largest absolute Gasteiger partial charge is 0.391 e. The van der Waals surface area contributed by atoms with Crippen molar-refractivity contribution in [3.8, 4) is 0 Å². The molecule has 0 amide bonds. The summed E-state index contributed by atoms with van der Waals surface area (Å²) in [5.41, 5.74) is -1.92. The van der Waals surface area contributed by atoms with Crippen molar-refractivity contribution >= 4 is 0 Å². The van der Waals surface area contributed by atoms with E-state index in [1.165, 1.54) is 12.8 Å². The van der Waals surface area contributed by atoms with Gasteiger partial charge in [0.2, 0.25) is 0 Å². The molecule has 210 valence electrons. The van der Waals surface area contributed by atoms with Gasteiger partial charge in [-0.3, -0.25) is 0 Å². The minimum Gasteiger partial charge on any atom is -0.391 e. The van der Waals surface area contributed by atoms with Crippen LogP contribution >= 0.6 is 0 Å². The molecule has 6 nitrogen and oxygen atoms in total. The second-order valence-electron chi connectivity index (χ2n) is 14.4. The smallest absolute Gasteiger partial charge is 0.178 e. The third-order valence-electron chi connectivity index (χ3n) is 11.8. The molecule has 0 aromatic rings. The molecule has 0 aromatic heterocycles. The predicted octanol–water partition coefficient (Wildman–Crippen LogP) is 4.56. The van der Waals surface area contributed by atoms with E-state index < -0.39 is 35.8 Å². The fraction of sp³-hybridized carbons (Fsp3) is 0.871. The van der Waals surface area contributed by atoms with Crippen molar-refractivity contribution in [1.29, 1.82) is 0 Å². The van der Waals surface area contributed by atoms with Gasteiger partial charge in [0.05, 0.1) is 18.3 Å². The van der Waals surface area contributed by atoms with Crippen molar-refractivity contribution in [2.24, 2.45) is 45.8 Å². The molecule has 11 unspecified atom stereocenters. The van der Waals surface area contributed by atoms with E-state index in [9.17, 15) is 20.4 Å². The molecular formula is C31H50O6. The molecule has 4 fully saturated rings. The average molecular weight is 519 g/mol. The Kier molecular flexibility index (Phi) is 6.86. The van der Waals surface area contributed by atoms with Crippen LogP contribution in [0.25, 0.3) is 0 Å². The first-order valence-corrected chi connectivity index (χ1v) is 14.6. The molecule has 1 saturated heterocycles. The predicted molar refractivity (Wildman–Crippen MR) is 142 cm³/mol. The first-order valence-electron chi connectivity index (χ1n) is 14.6. The molecule has 6 heteroatoms. The summed E-state index contributed by atoms with van der Waals surface area (Å²) < 4.78 is 12.5. The van der Waals surface area contributed by atoms with E-state index in [2.05, 4.69) is 45.9 Å². The average Bonchev–Trinajstić information content (AvgIpc) is 3.24. The van der Waals surface area contributed by atoms with Gasteiger partial charge in [0, 0.05) is 16.7 Å². The zero-order valence-electron chi connectivity index (χ0n) is 23.7. The minimum atomic E-state index is -1.20. The molecule has 1 aliphatic heterocycles. The monoisotopic (exact) mass is 518 g/mol. The van der Waals surface area contributed by atoms with Crippen molar-refractivity contribution in [2.75, 3.05) is 6.61 Å². The first-order chi connectivity index (χ1) is 17.2. The highest BCUT2D eigenvalue weighted by molar-refractivity contribution is 5.33. The Morgan fingerprint density at radius 1 is 1.14 bits per heavy atom. The van der Waals surface area contributed by atoms with Crippen LogP contribution in [-0.2, 0) is 9.47 Å². The maximum absolute atomic E-state index is 11.7. The summed E-state index contributed by atoms with van der Waals surface area (Å²) in [6, 6.07) is 0. The third kappa shape index (κ3) is 3.95. The molecule has 5 aliphatic rings. The van der Waals surface area contributed by atoms with Gasteiger partial charge in [0.15, 0.2) is 12.6 Å². The van der Waals surface area contributed by atoms with Crippen molar-refractivity contribution < 1.29 is 29.9 Å². The molecule has 4 N–H and O–H groups in total. The summed E-state index contributed by atoms with van der Waals surface area (Å²) in [7, 11) is 0. The van der Waals surface area contributed by atoms with Crippen LogP contribution in [0.1, 0.15) is 86.5 Å². The van der Waals surface area contributed by atoms with Gasteiger partial charge in [-0.05, 0) is 87.9 Å². The number of aliphatic hydroxyl groups excluding tert-OH is 3. The van der Waals surface area contributed by atoms with Crippen LogP contribution in [0.15, 0.2) is 24.3 Å². The van der Waals surface area contributed by atoms with Gasteiger partial charge in [-0.25, -0.2) is 0 Å². The van der Waals surface area contributed by atoms with Crippen molar-refractivity contribution in [3.63, 3.8) is 0 Å². The number of rotatable bonds is 7. The summed E-state index contributed by atoms with van der Waals surface area (Å²) in [6.45, 7) is 12.3. The van der Waals surface area contributed by atoms with Crippen LogP contribution in [0.4, 0.5) is 0 Å². The Hall–Kier alpha value is -0.760. The fourth-order valence-electron chi connectivity index (χ4n) is 10.0. The second-order valence-corrected chi connectivity index (χ2v) is 14.4. The molecule has 0 aromatic carbocycles. The van der Waals surface area contributed by atoms with Gasteiger partial charge < -0.3 is 29.9 Å². The maximum Gasteiger partial charge on any atom is 0.178 e. The lowest BCUT2D eigenvalue weighted by Crippen LogP contribution is -2.64. The van der Waals surface area contributed by atoms with Crippen molar-refractivity contribution in [3.05, 3.63) is 24.3 Å². The third-order valence-corrected chi connectivity index (χ3v) is 11.8. The second kappa shape index (κ2) is 9.14.